The second-order valence-corrected chi connectivity index (χ2v) is 7.70. The summed E-state index contributed by atoms with van der Waals surface area (Å²) in [6, 6.07) is 5.35. The fourth-order valence-corrected chi connectivity index (χ4v) is 4.38. The molecule has 0 spiro atoms. The number of nitrogens with zero attached hydrogens (tertiary/aromatic N) is 2. The van der Waals surface area contributed by atoms with E-state index < -0.39 is 10.0 Å². The minimum Gasteiger partial charge on any atom is -0.384 e. The second-order valence-electron chi connectivity index (χ2n) is 5.80. The van der Waals surface area contributed by atoms with Gasteiger partial charge in [0.05, 0.1) is 17.9 Å². The molecule has 1 amide bonds. The molecule has 0 aliphatic carbocycles. The Balaban J connectivity index is 2.05. The Morgan fingerprint density at radius 3 is 2.39 bits per heavy atom. The van der Waals surface area contributed by atoms with Crippen LogP contribution < -0.4 is 0 Å². The van der Waals surface area contributed by atoms with Crippen molar-refractivity contribution in [1.82, 2.24) is 9.21 Å². The van der Waals surface area contributed by atoms with Crippen molar-refractivity contribution in [3.63, 3.8) is 0 Å². The number of piperazine rings is 1. The van der Waals surface area contributed by atoms with Gasteiger partial charge in [-0.3, -0.25) is 4.79 Å². The molecule has 0 N–H and O–H groups in total. The van der Waals surface area contributed by atoms with Gasteiger partial charge in [0, 0.05) is 33.3 Å². The molecule has 7 heteroatoms. The van der Waals surface area contributed by atoms with E-state index in [0.29, 0.717) is 44.1 Å². The lowest BCUT2D eigenvalue weighted by molar-refractivity contribution is -0.133. The molecule has 0 unspecified atom stereocenters. The Morgan fingerprint density at radius 1 is 1.17 bits per heavy atom. The minimum absolute atomic E-state index is 0.00964. The van der Waals surface area contributed by atoms with Gasteiger partial charge in [-0.25, -0.2) is 8.42 Å². The van der Waals surface area contributed by atoms with Crippen molar-refractivity contribution < 1.29 is 17.9 Å². The zero-order chi connectivity index (χ0) is 17.0. The summed E-state index contributed by atoms with van der Waals surface area (Å²) in [4.78, 5) is 14.0. The third kappa shape index (κ3) is 4.10. The smallest absolute Gasteiger partial charge is 0.243 e. The molecular formula is C16H24N2O4S. The van der Waals surface area contributed by atoms with Gasteiger partial charge in [-0.1, -0.05) is 17.7 Å². The molecule has 0 bridgehead atoms. The molecule has 0 aromatic heterocycles. The number of benzene rings is 1. The molecule has 1 aromatic carbocycles. The summed E-state index contributed by atoms with van der Waals surface area (Å²) in [5, 5.41) is 0. The third-order valence-corrected chi connectivity index (χ3v) is 6.12. The number of amides is 1. The number of ether oxygens (including phenoxy) is 1. The number of aryl methyl sites for hydroxylation is 2. The summed E-state index contributed by atoms with van der Waals surface area (Å²) < 4.78 is 31.9. The number of carbonyl (C=O) groups excluding carboxylic acids is 1. The quantitative estimate of drug-likeness (QED) is 0.807. The largest absolute Gasteiger partial charge is 0.384 e. The fourth-order valence-electron chi connectivity index (χ4n) is 2.75. The molecule has 1 aromatic rings. The maximum Gasteiger partial charge on any atom is 0.243 e. The molecule has 1 saturated heterocycles. The Morgan fingerprint density at radius 2 is 1.83 bits per heavy atom. The van der Waals surface area contributed by atoms with Crippen LogP contribution in [0.2, 0.25) is 0 Å². The summed E-state index contributed by atoms with van der Waals surface area (Å²) in [7, 11) is -1.95. The lowest BCUT2D eigenvalue weighted by Gasteiger charge is -2.34. The van der Waals surface area contributed by atoms with Gasteiger partial charge >= 0.3 is 0 Å². The molecule has 0 radical (unpaired) electrons. The Kier molecular flexibility index (Phi) is 5.78. The lowest BCUT2D eigenvalue weighted by atomic mass is 10.2. The number of carbonyl (C=O) groups is 1. The number of hydrogen-bond donors (Lipinski definition) is 0. The first-order valence-corrected chi connectivity index (χ1v) is 9.14. The third-order valence-electron chi connectivity index (χ3n) is 4.06. The van der Waals surface area contributed by atoms with Crippen LogP contribution in [0.3, 0.4) is 0 Å². The molecule has 2 rings (SSSR count). The first-order chi connectivity index (χ1) is 10.9. The molecule has 6 nitrogen and oxygen atoms in total. The molecule has 1 aliphatic rings. The second kappa shape index (κ2) is 7.42. The van der Waals surface area contributed by atoms with Crippen LogP contribution in [-0.2, 0) is 19.6 Å². The van der Waals surface area contributed by atoms with Crippen LogP contribution in [-0.4, -0.2) is 63.4 Å². The molecular weight excluding hydrogens is 316 g/mol. The van der Waals surface area contributed by atoms with Crippen molar-refractivity contribution in [1.29, 1.82) is 0 Å². The van der Waals surface area contributed by atoms with Gasteiger partial charge < -0.3 is 9.64 Å². The number of sulfonamides is 1. The Bertz CT molecular complexity index is 665. The van der Waals surface area contributed by atoms with E-state index in [1.807, 2.05) is 26.0 Å². The number of rotatable bonds is 5. The van der Waals surface area contributed by atoms with Crippen LogP contribution >= 0.6 is 0 Å². The summed E-state index contributed by atoms with van der Waals surface area (Å²) >= 11 is 0. The van der Waals surface area contributed by atoms with E-state index in [1.165, 1.54) is 4.31 Å². The fraction of sp³-hybridized carbons (Fsp3) is 0.562. The van der Waals surface area contributed by atoms with Crippen molar-refractivity contribution in [3.8, 4) is 0 Å². The number of hydrogen-bond acceptors (Lipinski definition) is 4. The number of methoxy groups -OCH3 is 1. The van der Waals surface area contributed by atoms with Gasteiger partial charge in [-0.05, 0) is 25.5 Å². The highest BCUT2D eigenvalue weighted by molar-refractivity contribution is 7.89. The van der Waals surface area contributed by atoms with Gasteiger partial charge in [0.2, 0.25) is 15.9 Å². The minimum atomic E-state index is -3.50. The topological polar surface area (TPSA) is 66.9 Å². The summed E-state index contributed by atoms with van der Waals surface area (Å²) in [6.07, 6.45) is 0.334. The molecule has 1 aliphatic heterocycles. The predicted octanol–water partition coefficient (Wildman–Crippen LogP) is 1.17. The zero-order valence-corrected chi connectivity index (χ0v) is 14.7. The van der Waals surface area contributed by atoms with Gasteiger partial charge in [0.1, 0.15) is 0 Å². The average molecular weight is 340 g/mol. The summed E-state index contributed by atoms with van der Waals surface area (Å²) in [5.74, 6) is 0.00964. The van der Waals surface area contributed by atoms with Crippen LogP contribution in [0.1, 0.15) is 17.5 Å². The van der Waals surface area contributed by atoms with Gasteiger partial charge in [0.15, 0.2) is 0 Å². The highest BCUT2D eigenvalue weighted by Crippen LogP contribution is 2.22. The van der Waals surface area contributed by atoms with Crippen LogP contribution in [0.15, 0.2) is 23.1 Å². The van der Waals surface area contributed by atoms with Gasteiger partial charge in [0.25, 0.3) is 0 Å². The molecule has 1 heterocycles. The first kappa shape index (κ1) is 17.9. The van der Waals surface area contributed by atoms with Crippen molar-refractivity contribution in [2.75, 3.05) is 39.9 Å². The van der Waals surface area contributed by atoms with Crippen LogP contribution in [0.5, 0.6) is 0 Å². The predicted molar refractivity (Wildman–Crippen MR) is 87.7 cm³/mol. The van der Waals surface area contributed by atoms with Crippen molar-refractivity contribution in [2.24, 2.45) is 0 Å². The molecule has 23 heavy (non-hydrogen) atoms. The average Bonchev–Trinajstić information content (AvgIpc) is 2.52. The van der Waals surface area contributed by atoms with E-state index in [0.717, 1.165) is 11.1 Å². The van der Waals surface area contributed by atoms with E-state index >= 15 is 0 Å². The highest BCUT2D eigenvalue weighted by Gasteiger charge is 2.30. The maximum absolute atomic E-state index is 12.8. The molecule has 0 atom stereocenters. The summed E-state index contributed by atoms with van der Waals surface area (Å²) in [6.45, 7) is 5.64. The zero-order valence-electron chi connectivity index (χ0n) is 13.9. The van der Waals surface area contributed by atoms with Gasteiger partial charge in [-0.15, -0.1) is 0 Å². The first-order valence-electron chi connectivity index (χ1n) is 7.70. The van der Waals surface area contributed by atoms with Crippen molar-refractivity contribution >= 4 is 15.9 Å². The van der Waals surface area contributed by atoms with E-state index in [-0.39, 0.29) is 5.91 Å². The van der Waals surface area contributed by atoms with E-state index in [4.69, 9.17) is 4.74 Å². The van der Waals surface area contributed by atoms with Gasteiger partial charge in [-0.2, -0.15) is 4.31 Å². The normalized spacial score (nSPS) is 16.6. The SMILES string of the molecule is COCCC(=O)N1CCN(S(=O)(=O)c2ccc(C)cc2C)CC1. The van der Waals surface area contributed by atoms with Crippen LogP contribution in [0.25, 0.3) is 0 Å². The molecule has 1 fully saturated rings. The van der Waals surface area contributed by atoms with E-state index in [1.54, 1.807) is 18.1 Å². The van der Waals surface area contributed by atoms with Crippen LogP contribution in [0, 0.1) is 13.8 Å². The standard InChI is InChI=1S/C16H24N2O4S/c1-13-4-5-15(14(2)12-13)23(20,21)18-9-7-17(8-10-18)16(19)6-11-22-3/h4-5,12H,6-11H2,1-3H3. The maximum atomic E-state index is 12.8. The monoisotopic (exact) mass is 340 g/mol. The lowest BCUT2D eigenvalue weighted by Crippen LogP contribution is -2.50. The van der Waals surface area contributed by atoms with Crippen LogP contribution in [0.4, 0.5) is 0 Å². The molecule has 0 saturated carbocycles. The molecule has 128 valence electrons. The summed E-state index contributed by atoms with van der Waals surface area (Å²) in [5.41, 5.74) is 1.79. The van der Waals surface area contributed by atoms with E-state index in [9.17, 15) is 13.2 Å². The Hall–Kier alpha value is -1.44. The van der Waals surface area contributed by atoms with Crippen molar-refractivity contribution in [2.45, 2.75) is 25.2 Å². The van der Waals surface area contributed by atoms with E-state index in [2.05, 4.69) is 0 Å². The highest BCUT2D eigenvalue weighted by atomic mass is 32.2. The van der Waals surface area contributed by atoms with Crippen molar-refractivity contribution in [3.05, 3.63) is 29.3 Å². The Labute approximate surface area is 138 Å².